The van der Waals surface area contributed by atoms with Crippen molar-refractivity contribution in [2.45, 2.75) is 6.92 Å². The van der Waals surface area contributed by atoms with E-state index in [-0.39, 0.29) is 23.8 Å². The molecule has 6 saturated carbocycles. The molecule has 6 atom stereocenters. The lowest BCUT2D eigenvalue weighted by Crippen LogP contribution is -2.97. The topological polar surface area (TPSA) is 43.4 Å². The van der Waals surface area contributed by atoms with Crippen LogP contribution in [-0.2, 0) is 14.3 Å². The van der Waals surface area contributed by atoms with Crippen molar-refractivity contribution in [2.75, 3.05) is 0 Å². The maximum absolute atomic E-state index is 11.8. The lowest BCUT2D eigenvalue weighted by atomic mass is 9.05. The first kappa shape index (κ1) is 7.46. The molecule has 0 unspecified atom stereocenters. The van der Waals surface area contributed by atoms with Gasteiger partial charge in [0.25, 0.3) is 0 Å². The van der Waals surface area contributed by atoms with Crippen LogP contribution in [0.2, 0.25) is 0 Å². The fourth-order valence-electron chi connectivity index (χ4n) is 7.55. The first-order valence-corrected chi connectivity index (χ1v) is 6.43. The summed E-state index contributed by atoms with van der Waals surface area (Å²) in [7, 11) is 0. The first-order chi connectivity index (χ1) is 7.67. The van der Waals surface area contributed by atoms with Crippen molar-refractivity contribution in [2.24, 2.45) is 58.7 Å². The van der Waals surface area contributed by atoms with E-state index in [1.54, 1.807) is 0 Å². The van der Waals surface area contributed by atoms with Crippen molar-refractivity contribution in [3.05, 3.63) is 0 Å². The number of esters is 2. The Labute approximate surface area is 92.5 Å². The summed E-state index contributed by atoms with van der Waals surface area (Å²) < 4.78 is 4.89. The summed E-state index contributed by atoms with van der Waals surface area (Å²) in [6, 6.07) is 0. The Morgan fingerprint density at radius 2 is 1.38 bits per heavy atom. The summed E-state index contributed by atoms with van der Waals surface area (Å²) in [5.74, 6) is 4.68. The van der Waals surface area contributed by atoms with E-state index in [2.05, 4.69) is 6.92 Å². The van der Waals surface area contributed by atoms with Gasteiger partial charge in [-0.3, -0.25) is 9.59 Å². The minimum atomic E-state index is -0.195. The van der Waals surface area contributed by atoms with E-state index in [4.69, 9.17) is 4.74 Å². The third kappa shape index (κ3) is 0.362. The quantitative estimate of drug-likeness (QED) is 0.442. The third-order valence-corrected chi connectivity index (χ3v) is 7.49. The summed E-state index contributed by atoms with van der Waals surface area (Å²) >= 11 is 0. The fourth-order valence-corrected chi connectivity index (χ4v) is 7.55. The van der Waals surface area contributed by atoms with Gasteiger partial charge in [0, 0.05) is 0 Å². The average molecular weight is 216 g/mol. The molecule has 82 valence electrons. The third-order valence-electron chi connectivity index (χ3n) is 7.49. The maximum atomic E-state index is 11.8. The zero-order valence-electron chi connectivity index (χ0n) is 8.92. The lowest BCUT2D eigenvalue weighted by Gasteiger charge is -2.99. The highest BCUT2D eigenvalue weighted by molar-refractivity contribution is 5.98. The normalized spacial score (nSPS) is 78.7. The largest absolute Gasteiger partial charge is 0.393 e. The Kier molecular flexibility index (Phi) is 0.743. The monoisotopic (exact) mass is 216 g/mol. The van der Waals surface area contributed by atoms with E-state index >= 15 is 0 Å². The van der Waals surface area contributed by atoms with E-state index in [0.717, 1.165) is 29.6 Å². The van der Waals surface area contributed by atoms with Gasteiger partial charge >= 0.3 is 11.9 Å². The molecule has 0 aromatic carbocycles. The number of rotatable bonds is 0. The van der Waals surface area contributed by atoms with Crippen molar-refractivity contribution in [3.8, 4) is 0 Å². The van der Waals surface area contributed by atoms with Crippen LogP contribution in [0.15, 0.2) is 0 Å². The van der Waals surface area contributed by atoms with Gasteiger partial charge in [0.05, 0.1) is 11.8 Å². The number of hydrogen-bond donors (Lipinski definition) is 0. The SMILES string of the molecule is CC12C3[C@H]4C5[C@H]3[C@H]1C([C@H]1C(=O)OC(=O)[C@H]51)[C@H]42. The Balaban J connectivity index is 1.58. The molecule has 1 heterocycles. The molecule has 6 aliphatic carbocycles. The molecule has 16 heavy (non-hydrogen) atoms. The molecule has 0 aromatic heterocycles. The van der Waals surface area contributed by atoms with Crippen LogP contribution in [0.5, 0.6) is 0 Å². The molecular weight excluding hydrogens is 204 g/mol. The van der Waals surface area contributed by atoms with E-state index in [0.29, 0.717) is 17.3 Å². The molecule has 0 aromatic rings. The summed E-state index contributed by atoms with van der Waals surface area (Å²) in [5, 5.41) is 0. The number of carbonyl (C=O) groups is 2. The molecule has 0 amide bonds. The van der Waals surface area contributed by atoms with Crippen LogP contribution in [-0.4, -0.2) is 11.9 Å². The van der Waals surface area contributed by atoms with E-state index in [1.807, 2.05) is 0 Å². The second kappa shape index (κ2) is 1.59. The highest BCUT2D eigenvalue weighted by Crippen LogP contribution is 2.98. The highest BCUT2D eigenvalue weighted by Gasteiger charge is 2.97. The maximum Gasteiger partial charge on any atom is 0.317 e. The van der Waals surface area contributed by atoms with Crippen molar-refractivity contribution in [3.63, 3.8) is 0 Å². The highest BCUT2D eigenvalue weighted by atomic mass is 16.6. The predicted molar refractivity (Wildman–Crippen MR) is 50.6 cm³/mol. The van der Waals surface area contributed by atoms with Crippen molar-refractivity contribution < 1.29 is 14.3 Å². The van der Waals surface area contributed by atoms with Crippen molar-refractivity contribution in [1.82, 2.24) is 0 Å². The Morgan fingerprint density at radius 1 is 0.875 bits per heavy atom. The summed E-state index contributed by atoms with van der Waals surface area (Å²) in [4.78, 5) is 23.5. The molecule has 0 spiro atoms. The molecule has 7 fully saturated rings. The molecule has 0 N–H and O–H groups in total. The smallest absolute Gasteiger partial charge is 0.317 e. The van der Waals surface area contributed by atoms with Crippen LogP contribution in [0, 0.1) is 58.7 Å². The number of ether oxygens (including phenoxy) is 1. The average Bonchev–Trinajstić information content (AvgIpc) is 2.52. The van der Waals surface area contributed by atoms with Crippen LogP contribution in [0.4, 0.5) is 0 Å². The van der Waals surface area contributed by atoms with Gasteiger partial charge in [-0.25, -0.2) is 0 Å². The Bertz CT molecular complexity index is 489. The van der Waals surface area contributed by atoms with Gasteiger partial charge in [0.2, 0.25) is 0 Å². The second-order valence-corrected chi connectivity index (χ2v) is 7.04. The fraction of sp³-hybridized carbons (Fsp3) is 0.846. The summed E-state index contributed by atoms with van der Waals surface area (Å²) in [6.07, 6.45) is 0. The minimum Gasteiger partial charge on any atom is -0.393 e. The lowest BCUT2D eigenvalue weighted by molar-refractivity contribution is -0.524. The molecule has 3 heteroatoms. The second-order valence-electron chi connectivity index (χ2n) is 7.04. The predicted octanol–water partition coefficient (Wildman–Crippen LogP) is 0.690. The molecule has 2 bridgehead atoms. The molecule has 3 nitrogen and oxygen atoms in total. The standard InChI is InChI=1S/C13H12O3/c1-13-8-5-2-3-4(12(15)16-11(3)14)7(9(5)13)10(13)6(2)8/h2-10H,1H3/t2?,3-,4+,5-,6-,7?,8?,9+,10+,13?/m1/s1. The zero-order valence-corrected chi connectivity index (χ0v) is 8.92. The van der Waals surface area contributed by atoms with Crippen LogP contribution in [0.25, 0.3) is 0 Å². The zero-order chi connectivity index (χ0) is 10.6. The van der Waals surface area contributed by atoms with Crippen molar-refractivity contribution >= 4 is 11.9 Å². The molecule has 0 radical (unpaired) electrons. The van der Waals surface area contributed by atoms with Gasteiger partial charge in [-0.2, -0.15) is 0 Å². The van der Waals surface area contributed by atoms with Crippen LogP contribution in [0.3, 0.4) is 0 Å². The number of cyclic esters (lactones) is 2. The van der Waals surface area contributed by atoms with E-state index < -0.39 is 0 Å². The van der Waals surface area contributed by atoms with Crippen LogP contribution in [0.1, 0.15) is 6.92 Å². The molecular formula is C13H12O3. The molecule has 1 aliphatic heterocycles. The van der Waals surface area contributed by atoms with E-state index in [9.17, 15) is 9.59 Å². The summed E-state index contributed by atoms with van der Waals surface area (Å²) in [6.45, 7) is 2.41. The molecule has 7 rings (SSSR count). The number of hydrogen-bond acceptors (Lipinski definition) is 3. The van der Waals surface area contributed by atoms with Gasteiger partial charge in [-0.15, -0.1) is 0 Å². The minimum absolute atomic E-state index is 0.0268. The van der Waals surface area contributed by atoms with Gasteiger partial charge in [0.1, 0.15) is 0 Å². The van der Waals surface area contributed by atoms with Gasteiger partial charge in [-0.1, -0.05) is 6.92 Å². The Hall–Kier alpha value is -0.860. The molecule has 1 saturated heterocycles. The number of carbonyl (C=O) groups excluding carboxylic acids is 2. The van der Waals surface area contributed by atoms with Crippen molar-refractivity contribution in [1.29, 1.82) is 0 Å². The van der Waals surface area contributed by atoms with E-state index in [1.165, 1.54) is 0 Å². The van der Waals surface area contributed by atoms with Crippen LogP contribution < -0.4 is 0 Å². The van der Waals surface area contributed by atoms with Gasteiger partial charge < -0.3 is 4.74 Å². The molecule has 7 aliphatic rings. The first-order valence-electron chi connectivity index (χ1n) is 6.43. The summed E-state index contributed by atoms with van der Waals surface area (Å²) in [5.41, 5.74) is 0.591. The van der Waals surface area contributed by atoms with Gasteiger partial charge in [-0.05, 0) is 46.8 Å². The van der Waals surface area contributed by atoms with Gasteiger partial charge in [0.15, 0.2) is 0 Å². The van der Waals surface area contributed by atoms with Crippen LogP contribution >= 0.6 is 0 Å². The Morgan fingerprint density at radius 3 is 2.00 bits per heavy atom.